The van der Waals surface area contributed by atoms with E-state index in [-0.39, 0.29) is 12.8 Å². The van der Waals surface area contributed by atoms with E-state index < -0.39 is 29.9 Å². The van der Waals surface area contributed by atoms with Crippen LogP contribution in [0, 0.1) is 0 Å². The number of benzene rings is 2. The van der Waals surface area contributed by atoms with Crippen molar-refractivity contribution in [3.8, 4) is 28.3 Å². The number of nitrogens with zero attached hydrogens (tertiary/aromatic N) is 2. The molecule has 10 nitrogen and oxygen atoms in total. The summed E-state index contributed by atoms with van der Waals surface area (Å²) in [6.45, 7) is 2.94. The second kappa shape index (κ2) is 16.8. The van der Waals surface area contributed by atoms with Gasteiger partial charge in [0.1, 0.15) is 11.8 Å². The summed E-state index contributed by atoms with van der Waals surface area (Å²) < 4.78 is 5.86. The number of rotatable bonds is 18. The van der Waals surface area contributed by atoms with Gasteiger partial charge in [-0.3, -0.25) is 9.59 Å². The first-order valence-electron chi connectivity index (χ1n) is 14.4. The third-order valence-corrected chi connectivity index (χ3v) is 6.97. The van der Waals surface area contributed by atoms with E-state index in [9.17, 15) is 19.5 Å². The SMILES string of the molecule is CCCCCCCOc1ccc(-c2cnc(-c3ccc(CC(NC)C(=O)NC(CCC(N)=O)C(=O)O)cc3)nc2)cc1. The third-order valence-electron chi connectivity index (χ3n) is 6.97. The monoisotopic (exact) mass is 575 g/mol. The van der Waals surface area contributed by atoms with Gasteiger partial charge < -0.3 is 26.2 Å². The van der Waals surface area contributed by atoms with Crippen molar-refractivity contribution in [2.75, 3.05) is 13.7 Å². The van der Waals surface area contributed by atoms with Gasteiger partial charge in [0.15, 0.2) is 5.82 Å². The molecular formula is C32H41N5O5. The van der Waals surface area contributed by atoms with Crippen LogP contribution < -0.4 is 21.1 Å². The van der Waals surface area contributed by atoms with E-state index in [1.165, 1.54) is 25.7 Å². The summed E-state index contributed by atoms with van der Waals surface area (Å²) in [6, 6.07) is 13.6. The smallest absolute Gasteiger partial charge is 0.326 e. The average molecular weight is 576 g/mol. The number of ether oxygens (including phenoxy) is 1. The lowest BCUT2D eigenvalue weighted by atomic mass is 10.0. The van der Waals surface area contributed by atoms with Crippen LogP contribution in [0.1, 0.15) is 57.4 Å². The summed E-state index contributed by atoms with van der Waals surface area (Å²) in [5.41, 5.74) is 8.72. The quantitative estimate of drug-likeness (QED) is 0.165. The lowest BCUT2D eigenvalue weighted by Crippen LogP contribution is -2.50. The Morgan fingerprint density at radius 3 is 2.12 bits per heavy atom. The molecule has 0 bridgehead atoms. The standard InChI is InChI=1S/C32H41N5O5/c1-3-4-5-6-7-18-42-26-14-12-23(13-15-26)25-20-35-30(36-21-25)24-10-8-22(9-11-24)19-28(34-2)31(39)37-27(32(40)41)16-17-29(33)38/h8-15,20-21,27-28,34H,3-7,16-19H2,1-2H3,(H2,33,38)(H,37,39)(H,40,41). The number of amides is 2. The second-order valence-corrected chi connectivity index (χ2v) is 10.2. The number of carboxylic acids is 1. The predicted octanol–water partition coefficient (Wildman–Crippen LogP) is 4.13. The van der Waals surface area contributed by atoms with Crippen LogP contribution in [0.3, 0.4) is 0 Å². The van der Waals surface area contributed by atoms with E-state index in [2.05, 4.69) is 27.5 Å². The first kappa shape index (κ1) is 32.2. The van der Waals surface area contributed by atoms with E-state index in [1.54, 1.807) is 19.4 Å². The Kier molecular flexibility index (Phi) is 12.9. The van der Waals surface area contributed by atoms with Gasteiger partial charge in [0.05, 0.1) is 12.6 Å². The summed E-state index contributed by atoms with van der Waals surface area (Å²) in [5.74, 6) is -0.879. The number of likely N-dealkylation sites (N-methyl/N-ethyl adjacent to an activating group) is 1. The molecule has 0 aliphatic carbocycles. The van der Waals surface area contributed by atoms with Gasteiger partial charge in [0.25, 0.3) is 0 Å². The molecule has 2 amide bonds. The summed E-state index contributed by atoms with van der Waals surface area (Å²) in [5, 5.41) is 14.8. The number of nitrogens with two attached hydrogens (primary N) is 1. The van der Waals surface area contributed by atoms with Gasteiger partial charge in [-0.2, -0.15) is 0 Å². The molecule has 0 saturated carbocycles. The number of primary amides is 1. The van der Waals surface area contributed by atoms with E-state index in [0.29, 0.717) is 12.2 Å². The highest BCUT2D eigenvalue weighted by Gasteiger charge is 2.25. The maximum Gasteiger partial charge on any atom is 0.326 e. The number of carbonyl (C=O) groups excluding carboxylic acids is 2. The fraction of sp³-hybridized carbons (Fsp3) is 0.406. The maximum atomic E-state index is 12.7. The predicted molar refractivity (Wildman–Crippen MR) is 162 cm³/mol. The summed E-state index contributed by atoms with van der Waals surface area (Å²) >= 11 is 0. The van der Waals surface area contributed by atoms with Gasteiger partial charge in [-0.05, 0) is 49.6 Å². The lowest BCUT2D eigenvalue weighted by Gasteiger charge is -2.20. The molecule has 1 aromatic heterocycles. The van der Waals surface area contributed by atoms with Crippen LogP contribution in [0.5, 0.6) is 5.75 Å². The van der Waals surface area contributed by atoms with Crippen molar-refractivity contribution in [3.05, 3.63) is 66.5 Å². The van der Waals surface area contributed by atoms with Crippen molar-refractivity contribution >= 4 is 17.8 Å². The number of aliphatic carboxylic acids is 1. The molecule has 3 rings (SSSR count). The fourth-order valence-electron chi connectivity index (χ4n) is 4.43. The number of nitrogens with one attached hydrogen (secondary N) is 2. The number of unbranched alkanes of at least 4 members (excludes halogenated alkanes) is 4. The van der Waals surface area contributed by atoms with Crippen LogP contribution in [-0.2, 0) is 20.8 Å². The second-order valence-electron chi connectivity index (χ2n) is 10.2. The van der Waals surface area contributed by atoms with Gasteiger partial charge in [0.2, 0.25) is 11.8 Å². The Balaban J connectivity index is 1.55. The first-order valence-corrected chi connectivity index (χ1v) is 14.4. The van der Waals surface area contributed by atoms with Crippen molar-refractivity contribution in [2.24, 2.45) is 5.73 Å². The molecule has 1 heterocycles. The van der Waals surface area contributed by atoms with Crippen LogP contribution in [-0.4, -0.2) is 58.6 Å². The zero-order valence-electron chi connectivity index (χ0n) is 24.3. The van der Waals surface area contributed by atoms with Gasteiger partial charge in [0, 0.05) is 29.9 Å². The Bertz CT molecular complexity index is 1280. The van der Waals surface area contributed by atoms with Crippen LogP contribution in [0.2, 0.25) is 0 Å². The van der Waals surface area contributed by atoms with Gasteiger partial charge in [-0.15, -0.1) is 0 Å². The van der Waals surface area contributed by atoms with E-state index in [4.69, 9.17) is 10.5 Å². The Morgan fingerprint density at radius 1 is 0.881 bits per heavy atom. The molecule has 42 heavy (non-hydrogen) atoms. The van der Waals surface area contributed by atoms with Crippen molar-refractivity contribution in [1.82, 2.24) is 20.6 Å². The van der Waals surface area contributed by atoms with E-state index in [0.717, 1.165) is 41.0 Å². The van der Waals surface area contributed by atoms with Crippen LogP contribution >= 0.6 is 0 Å². The molecule has 0 fully saturated rings. The van der Waals surface area contributed by atoms with E-state index >= 15 is 0 Å². The number of hydrogen-bond donors (Lipinski definition) is 4. The lowest BCUT2D eigenvalue weighted by molar-refractivity contribution is -0.142. The van der Waals surface area contributed by atoms with Crippen molar-refractivity contribution < 1.29 is 24.2 Å². The minimum atomic E-state index is -1.22. The summed E-state index contributed by atoms with van der Waals surface area (Å²) in [6.07, 6.45) is 9.75. The fourth-order valence-corrected chi connectivity index (χ4v) is 4.43. The van der Waals surface area contributed by atoms with Crippen molar-refractivity contribution in [3.63, 3.8) is 0 Å². The van der Waals surface area contributed by atoms with Crippen molar-refractivity contribution in [1.29, 1.82) is 0 Å². The molecule has 224 valence electrons. The topological polar surface area (TPSA) is 157 Å². The van der Waals surface area contributed by atoms with Crippen LogP contribution in [0.4, 0.5) is 0 Å². The highest BCUT2D eigenvalue weighted by Crippen LogP contribution is 2.23. The third kappa shape index (κ3) is 10.3. The molecule has 10 heteroatoms. The molecule has 0 saturated heterocycles. The normalized spacial score (nSPS) is 12.3. The minimum absolute atomic E-state index is 0.0701. The molecular weight excluding hydrogens is 534 g/mol. The largest absolute Gasteiger partial charge is 0.494 e. The molecule has 0 spiro atoms. The zero-order valence-corrected chi connectivity index (χ0v) is 24.3. The zero-order chi connectivity index (χ0) is 30.3. The van der Waals surface area contributed by atoms with Crippen LogP contribution in [0.15, 0.2) is 60.9 Å². The Morgan fingerprint density at radius 2 is 1.52 bits per heavy atom. The van der Waals surface area contributed by atoms with Gasteiger partial charge >= 0.3 is 5.97 Å². The van der Waals surface area contributed by atoms with Crippen molar-refractivity contribution in [2.45, 2.75) is 70.4 Å². The minimum Gasteiger partial charge on any atom is -0.494 e. The highest BCUT2D eigenvalue weighted by molar-refractivity contribution is 5.87. The highest BCUT2D eigenvalue weighted by atomic mass is 16.5. The van der Waals surface area contributed by atoms with Gasteiger partial charge in [-0.25, -0.2) is 14.8 Å². The van der Waals surface area contributed by atoms with Crippen LogP contribution in [0.25, 0.3) is 22.5 Å². The first-order chi connectivity index (χ1) is 20.3. The Hall–Kier alpha value is -4.31. The number of aromatic nitrogens is 2. The molecule has 3 aromatic rings. The summed E-state index contributed by atoms with van der Waals surface area (Å²) in [4.78, 5) is 44.3. The Labute approximate surface area is 247 Å². The average Bonchev–Trinajstić information content (AvgIpc) is 3.00. The molecule has 2 unspecified atom stereocenters. The maximum absolute atomic E-state index is 12.7. The van der Waals surface area contributed by atoms with E-state index in [1.807, 2.05) is 48.5 Å². The number of hydrogen-bond acceptors (Lipinski definition) is 7. The van der Waals surface area contributed by atoms with Gasteiger partial charge in [-0.1, -0.05) is 69.0 Å². The summed E-state index contributed by atoms with van der Waals surface area (Å²) in [7, 11) is 1.63. The molecule has 0 radical (unpaired) electrons. The molecule has 0 aliphatic heterocycles. The molecule has 2 aromatic carbocycles. The number of carboxylic acid groups (broad SMARTS) is 1. The molecule has 0 aliphatic rings. The molecule has 5 N–H and O–H groups in total. The molecule has 2 atom stereocenters. The number of carbonyl (C=O) groups is 3.